The second-order valence-electron chi connectivity index (χ2n) is 6.31. The molecule has 2 N–H and O–H groups in total. The molecule has 7 nitrogen and oxygen atoms in total. The summed E-state index contributed by atoms with van der Waals surface area (Å²) in [6.07, 6.45) is 1.83. The molecule has 0 saturated carbocycles. The third-order valence-corrected chi connectivity index (χ3v) is 4.44. The van der Waals surface area contributed by atoms with Gasteiger partial charge in [-0.05, 0) is 44.4 Å². The number of rotatable bonds is 6. The van der Waals surface area contributed by atoms with Gasteiger partial charge in [-0.15, -0.1) is 0 Å². The van der Waals surface area contributed by atoms with Crippen molar-refractivity contribution in [3.8, 4) is 5.75 Å². The number of allylic oxidation sites excluding steroid dienone is 1. The van der Waals surface area contributed by atoms with Crippen LogP contribution in [0.3, 0.4) is 0 Å². The van der Waals surface area contributed by atoms with Gasteiger partial charge in [-0.25, -0.2) is 9.59 Å². The van der Waals surface area contributed by atoms with Crippen LogP contribution in [0.1, 0.15) is 38.3 Å². The second-order valence-corrected chi connectivity index (χ2v) is 6.31. The third-order valence-electron chi connectivity index (χ3n) is 4.44. The predicted molar refractivity (Wildman–Crippen MR) is 94.7 cm³/mol. The summed E-state index contributed by atoms with van der Waals surface area (Å²) in [5.74, 6) is 0.282. The minimum Gasteiger partial charge on any atom is -0.494 e. The summed E-state index contributed by atoms with van der Waals surface area (Å²) in [6, 6.07) is 6.38. The number of ether oxygens (including phenoxy) is 3. The molecule has 2 atom stereocenters. The minimum atomic E-state index is -0.573. The van der Waals surface area contributed by atoms with E-state index in [-0.39, 0.29) is 18.7 Å². The van der Waals surface area contributed by atoms with E-state index in [2.05, 4.69) is 10.6 Å². The Hall–Kier alpha value is -2.54. The maximum absolute atomic E-state index is 12.7. The van der Waals surface area contributed by atoms with E-state index in [0.717, 1.165) is 24.2 Å². The Morgan fingerprint density at radius 3 is 2.73 bits per heavy atom. The summed E-state index contributed by atoms with van der Waals surface area (Å²) in [4.78, 5) is 24.6. The molecule has 26 heavy (non-hydrogen) atoms. The van der Waals surface area contributed by atoms with E-state index in [9.17, 15) is 9.59 Å². The quantitative estimate of drug-likeness (QED) is 0.761. The highest BCUT2D eigenvalue weighted by molar-refractivity contribution is 5.95. The predicted octanol–water partition coefficient (Wildman–Crippen LogP) is 2.44. The smallest absolute Gasteiger partial charge is 0.338 e. The topological polar surface area (TPSA) is 85.9 Å². The summed E-state index contributed by atoms with van der Waals surface area (Å²) in [5, 5.41) is 5.44. The number of urea groups is 1. The number of benzene rings is 1. The maximum atomic E-state index is 12.7. The number of hydrogen-bond acceptors (Lipinski definition) is 5. The van der Waals surface area contributed by atoms with Crippen LogP contribution in [0.2, 0.25) is 0 Å². The van der Waals surface area contributed by atoms with Gasteiger partial charge in [-0.3, -0.25) is 0 Å². The van der Waals surface area contributed by atoms with Crippen molar-refractivity contribution in [1.29, 1.82) is 0 Å². The van der Waals surface area contributed by atoms with Crippen molar-refractivity contribution in [3.63, 3.8) is 0 Å². The van der Waals surface area contributed by atoms with Crippen molar-refractivity contribution >= 4 is 12.0 Å². The van der Waals surface area contributed by atoms with Gasteiger partial charge in [0, 0.05) is 12.3 Å². The first-order valence-corrected chi connectivity index (χ1v) is 8.88. The van der Waals surface area contributed by atoms with Crippen LogP contribution >= 0.6 is 0 Å². The van der Waals surface area contributed by atoms with Crippen LogP contribution in [0.15, 0.2) is 35.5 Å². The lowest BCUT2D eigenvalue weighted by molar-refractivity contribution is -0.142. The van der Waals surface area contributed by atoms with Crippen molar-refractivity contribution in [2.75, 3.05) is 19.8 Å². The molecule has 0 bridgehead atoms. The highest BCUT2D eigenvalue weighted by Gasteiger charge is 2.32. The molecule has 0 aromatic heterocycles. The molecule has 0 aliphatic carbocycles. The number of esters is 1. The SMILES string of the molecule is CCOc1ccc([C@H]2NC(=O)NC(C)=C2C(=O)OC[C@H]2CCCO2)cc1. The Balaban J connectivity index is 1.78. The number of carbonyl (C=O) groups is 2. The molecular weight excluding hydrogens is 336 g/mol. The molecule has 0 radical (unpaired) electrons. The van der Waals surface area contributed by atoms with E-state index in [1.54, 1.807) is 6.92 Å². The number of nitrogens with one attached hydrogen (secondary N) is 2. The van der Waals surface area contributed by atoms with Gasteiger partial charge < -0.3 is 24.8 Å². The van der Waals surface area contributed by atoms with Gasteiger partial charge in [0.05, 0.1) is 24.3 Å². The van der Waals surface area contributed by atoms with Gasteiger partial charge in [0.25, 0.3) is 0 Å². The summed E-state index contributed by atoms with van der Waals surface area (Å²) < 4.78 is 16.4. The lowest BCUT2D eigenvalue weighted by Crippen LogP contribution is -2.45. The van der Waals surface area contributed by atoms with E-state index in [1.165, 1.54) is 0 Å². The monoisotopic (exact) mass is 360 g/mol. The van der Waals surface area contributed by atoms with Crippen LogP contribution in [0.4, 0.5) is 4.79 Å². The van der Waals surface area contributed by atoms with Gasteiger partial charge in [0.15, 0.2) is 0 Å². The Bertz CT molecular complexity index is 692. The molecule has 1 saturated heterocycles. The van der Waals surface area contributed by atoms with Crippen LogP contribution < -0.4 is 15.4 Å². The molecule has 3 rings (SSSR count). The van der Waals surface area contributed by atoms with Gasteiger partial charge in [0.2, 0.25) is 0 Å². The fraction of sp³-hybridized carbons (Fsp3) is 0.474. The first-order valence-electron chi connectivity index (χ1n) is 8.88. The number of hydrogen-bond donors (Lipinski definition) is 2. The average Bonchev–Trinajstić information content (AvgIpc) is 3.13. The fourth-order valence-electron chi connectivity index (χ4n) is 3.16. The highest BCUT2D eigenvalue weighted by Crippen LogP contribution is 2.29. The van der Waals surface area contributed by atoms with Gasteiger partial charge >= 0.3 is 12.0 Å². The largest absolute Gasteiger partial charge is 0.494 e. The maximum Gasteiger partial charge on any atom is 0.338 e. The van der Waals surface area contributed by atoms with E-state index in [1.807, 2.05) is 31.2 Å². The lowest BCUT2D eigenvalue weighted by Gasteiger charge is -2.28. The Morgan fingerprint density at radius 2 is 2.08 bits per heavy atom. The van der Waals surface area contributed by atoms with Crippen molar-refractivity contribution in [1.82, 2.24) is 10.6 Å². The second kappa shape index (κ2) is 8.23. The van der Waals surface area contributed by atoms with Crippen LogP contribution in [0.5, 0.6) is 5.75 Å². The number of amides is 2. The minimum absolute atomic E-state index is 0.0464. The molecule has 1 aromatic rings. The zero-order valence-electron chi connectivity index (χ0n) is 15.0. The molecule has 7 heteroatoms. The number of carbonyl (C=O) groups excluding carboxylic acids is 2. The zero-order valence-corrected chi connectivity index (χ0v) is 15.0. The van der Waals surface area contributed by atoms with Crippen LogP contribution in [-0.2, 0) is 14.3 Å². The first-order chi connectivity index (χ1) is 12.6. The standard InChI is InChI=1S/C19H24N2O5/c1-3-24-14-8-6-13(7-9-14)17-16(12(2)20-19(23)21-17)18(22)26-11-15-5-4-10-25-15/h6-9,15,17H,3-5,10-11H2,1-2H3,(H2,20,21,23)/t15-,17-/m1/s1. The van der Waals surface area contributed by atoms with Crippen molar-refractivity contribution in [2.24, 2.45) is 0 Å². The lowest BCUT2D eigenvalue weighted by atomic mass is 9.95. The van der Waals surface area contributed by atoms with E-state index < -0.39 is 12.0 Å². The molecule has 2 aliphatic heterocycles. The van der Waals surface area contributed by atoms with Crippen molar-refractivity contribution in [2.45, 2.75) is 38.8 Å². The van der Waals surface area contributed by atoms with Crippen molar-refractivity contribution in [3.05, 3.63) is 41.1 Å². The molecular formula is C19H24N2O5. The zero-order chi connectivity index (χ0) is 18.5. The average molecular weight is 360 g/mol. The highest BCUT2D eigenvalue weighted by atomic mass is 16.6. The molecule has 1 aromatic carbocycles. The molecule has 2 heterocycles. The van der Waals surface area contributed by atoms with Crippen LogP contribution in [0.25, 0.3) is 0 Å². The molecule has 2 amide bonds. The Labute approximate surface area is 152 Å². The summed E-state index contributed by atoms with van der Waals surface area (Å²) in [5.41, 5.74) is 1.67. The van der Waals surface area contributed by atoms with E-state index in [4.69, 9.17) is 14.2 Å². The summed E-state index contributed by atoms with van der Waals surface area (Å²) in [6.45, 7) is 5.11. The molecule has 140 valence electrons. The van der Waals surface area contributed by atoms with Crippen molar-refractivity contribution < 1.29 is 23.8 Å². The molecule has 0 unspecified atom stereocenters. The Kier molecular flexibility index (Phi) is 5.78. The van der Waals surface area contributed by atoms with Crippen LogP contribution in [-0.4, -0.2) is 37.9 Å². The van der Waals surface area contributed by atoms with E-state index in [0.29, 0.717) is 24.5 Å². The van der Waals surface area contributed by atoms with E-state index >= 15 is 0 Å². The van der Waals surface area contributed by atoms with Gasteiger partial charge in [0.1, 0.15) is 12.4 Å². The molecule has 2 aliphatic rings. The first kappa shape index (κ1) is 18.3. The normalized spacial score (nSPS) is 22.6. The van der Waals surface area contributed by atoms with Gasteiger partial charge in [-0.2, -0.15) is 0 Å². The van der Waals surface area contributed by atoms with Crippen LogP contribution in [0, 0.1) is 0 Å². The summed E-state index contributed by atoms with van der Waals surface area (Å²) in [7, 11) is 0. The summed E-state index contributed by atoms with van der Waals surface area (Å²) >= 11 is 0. The Morgan fingerprint density at radius 1 is 1.31 bits per heavy atom. The fourth-order valence-corrected chi connectivity index (χ4v) is 3.16. The molecule has 0 spiro atoms. The molecule has 1 fully saturated rings. The third kappa shape index (κ3) is 4.16. The van der Waals surface area contributed by atoms with Gasteiger partial charge in [-0.1, -0.05) is 12.1 Å².